The van der Waals surface area contributed by atoms with Crippen LogP contribution in [0.4, 0.5) is 0 Å². The summed E-state index contributed by atoms with van der Waals surface area (Å²) < 4.78 is 23.3. The third kappa shape index (κ3) is 6.22. The van der Waals surface area contributed by atoms with E-state index in [0.29, 0.717) is 39.6 Å². The minimum Gasteiger partial charge on any atom is -0.339 e. The smallest absolute Gasteiger partial charge is 0.253 e. The number of benzene rings is 2. The van der Waals surface area contributed by atoms with Crippen LogP contribution in [0.25, 0.3) is 11.3 Å². The molecule has 0 radical (unpaired) electrons. The van der Waals surface area contributed by atoms with Gasteiger partial charge in [0.05, 0.1) is 20.6 Å². The van der Waals surface area contributed by atoms with Crippen molar-refractivity contribution in [2.24, 2.45) is 0 Å². The Bertz CT molecular complexity index is 1300. The van der Waals surface area contributed by atoms with Crippen LogP contribution in [0.15, 0.2) is 65.7 Å². The molecule has 1 fully saturated rings. The number of hydrogen-bond acceptors (Lipinski definition) is 5. The van der Waals surface area contributed by atoms with Crippen LogP contribution in [-0.2, 0) is 16.4 Å². The van der Waals surface area contributed by atoms with Gasteiger partial charge >= 0.3 is 0 Å². The molecular formula is C26H27Cl2N3O3S. The van der Waals surface area contributed by atoms with Gasteiger partial charge in [0.2, 0.25) is 0 Å². The number of halogens is 2. The summed E-state index contributed by atoms with van der Waals surface area (Å²) >= 11 is 12.0. The predicted octanol–water partition coefficient (Wildman–Crippen LogP) is 5.20. The fraction of sp³-hybridized carbons (Fsp3) is 0.308. The Morgan fingerprint density at radius 1 is 1.03 bits per heavy atom. The highest BCUT2D eigenvalue weighted by atomic mass is 35.5. The molecule has 0 N–H and O–H groups in total. The van der Waals surface area contributed by atoms with Gasteiger partial charge in [-0.05, 0) is 61.9 Å². The highest BCUT2D eigenvalue weighted by molar-refractivity contribution is 7.90. The van der Waals surface area contributed by atoms with Gasteiger partial charge in [0.15, 0.2) is 9.84 Å². The molecule has 9 heteroatoms. The van der Waals surface area contributed by atoms with Crippen molar-refractivity contribution in [2.75, 3.05) is 26.4 Å². The van der Waals surface area contributed by atoms with Crippen LogP contribution >= 0.6 is 23.2 Å². The van der Waals surface area contributed by atoms with Gasteiger partial charge in [0, 0.05) is 49.3 Å². The number of piperidine rings is 1. The first kappa shape index (κ1) is 25.6. The molecule has 1 aliphatic heterocycles. The second kappa shape index (κ2) is 10.7. The first-order chi connectivity index (χ1) is 16.6. The van der Waals surface area contributed by atoms with Gasteiger partial charge in [0.1, 0.15) is 0 Å². The number of pyridine rings is 1. The molecule has 2 heterocycles. The van der Waals surface area contributed by atoms with E-state index in [-0.39, 0.29) is 5.91 Å². The lowest BCUT2D eigenvalue weighted by atomic mass is 10.0. The summed E-state index contributed by atoms with van der Waals surface area (Å²) in [5.74, 6) is -0.0194. The monoisotopic (exact) mass is 531 g/mol. The Kier molecular flexibility index (Phi) is 7.81. The van der Waals surface area contributed by atoms with Crippen molar-refractivity contribution >= 4 is 38.9 Å². The van der Waals surface area contributed by atoms with Gasteiger partial charge in [-0.15, -0.1) is 0 Å². The van der Waals surface area contributed by atoms with Gasteiger partial charge < -0.3 is 4.90 Å². The van der Waals surface area contributed by atoms with E-state index in [1.807, 2.05) is 23.2 Å². The molecule has 4 rings (SSSR count). The van der Waals surface area contributed by atoms with Gasteiger partial charge in [-0.2, -0.15) is 0 Å². The first-order valence-corrected chi connectivity index (χ1v) is 14.0. The molecule has 1 saturated heterocycles. The highest BCUT2D eigenvalue weighted by Crippen LogP contribution is 2.25. The summed E-state index contributed by atoms with van der Waals surface area (Å²) in [7, 11) is -1.12. The molecule has 0 atom stereocenters. The lowest BCUT2D eigenvalue weighted by molar-refractivity contribution is 0.0639. The van der Waals surface area contributed by atoms with E-state index < -0.39 is 9.84 Å². The fourth-order valence-electron chi connectivity index (χ4n) is 4.30. The molecule has 0 saturated carbocycles. The van der Waals surface area contributed by atoms with Crippen molar-refractivity contribution in [2.45, 2.75) is 30.3 Å². The zero-order chi connectivity index (χ0) is 25.2. The number of carbonyl (C=O) groups is 1. The van der Waals surface area contributed by atoms with Crippen LogP contribution in [0, 0.1) is 0 Å². The lowest BCUT2D eigenvalue weighted by Crippen LogP contribution is -2.45. The zero-order valence-electron chi connectivity index (χ0n) is 19.6. The average molecular weight is 532 g/mol. The number of amides is 1. The van der Waals surface area contributed by atoms with Crippen LogP contribution in [0.3, 0.4) is 0 Å². The Morgan fingerprint density at radius 2 is 1.71 bits per heavy atom. The van der Waals surface area contributed by atoms with Crippen LogP contribution < -0.4 is 0 Å². The molecular weight excluding hydrogens is 505 g/mol. The van der Waals surface area contributed by atoms with Crippen LogP contribution in [0.2, 0.25) is 10.0 Å². The third-order valence-corrected chi connectivity index (χ3v) is 8.24. The summed E-state index contributed by atoms with van der Waals surface area (Å²) in [4.78, 5) is 21.9. The molecule has 1 amide bonds. The van der Waals surface area contributed by atoms with Crippen molar-refractivity contribution < 1.29 is 13.2 Å². The number of aromatic nitrogens is 1. The molecule has 1 aromatic heterocycles. The molecule has 0 unspecified atom stereocenters. The number of sulfone groups is 1. The third-order valence-electron chi connectivity index (χ3n) is 6.38. The molecule has 184 valence electrons. The molecule has 3 aromatic rings. The van der Waals surface area contributed by atoms with Gasteiger partial charge in [-0.3, -0.25) is 14.7 Å². The Morgan fingerprint density at radius 3 is 2.29 bits per heavy atom. The van der Waals surface area contributed by atoms with E-state index in [4.69, 9.17) is 23.2 Å². The van der Waals surface area contributed by atoms with E-state index in [2.05, 4.69) is 16.9 Å². The summed E-state index contributed by atoms with van der Waals surface area (Å²) in [6, 6.07) is 16.1. The molecule has 0 bridgehead atoms. The second-order valence-corrected chi connectivity index (χ2v) is 11.7. The van der Waals surface area contributed by atoms with Crippen molar-refractivity contribution in [1.29, 1.82) is 0 Å². The Labute approximate surface area is 216 Å². The SMILES string of the molecule is CN(Cc1ccc(-c2ccc(S(C)(=O)=O)cc2)nc1)C1CCN(C(=O)c2ccc(Cl)c(Cl)c2)CC1. The van der Waals surface area contributed by atoms with Gasteiger partial charge in [-0.1, -0.05) is 41.4 Å². The summed E-state index contributed by atoms with van der Waals surface area (Å²) in [5.41, 5.74) is 3.32. The maximum atomic E-state index is 12.8. The molecule has 0 aliphatic carbocycles. The maximum absolute atomic E-state index is 12.8. The summed E-state index contributed by atoms with van der Waals surface area (Å²) in [6.45, 7) is 2.13. The largest absolute Gasteiger partial charge is 0.339 e. The maximum Gasteiger partial charge on any atom is 0.253 e. The number of rotatable bonds is 6. The minimum atomic E-state index is -3.22. The van der Waals surface area contributed by atoms with E-state index in [1.165, 1.54) is 6.26 Å². The molecule has 6 nitrogen and oxygen atoms in total. The van der Waals surface area contributed by atoms with Crippen molar-refractivity contribution in [3.8, 4) is 11.3 Å². The van der Waals surface area contributed by atoms with Crippen LogP contribution in [-0.4, -0.2) is 61.5 Å². The van der Waals surface area contributed by atoms with Crippen LogP contribution in [0.1, 0.15) is 28.8 Å². The standard InChI is InChI=1S/C26H27Cl2N3O3S/c1-30(21-11-13-31(14-12-21)26(32)20-6-9-23(27)24(28)15-20)17-18-3-10-25(29-16-18)19-4-7-22(8-5-19)35(2,33)34/h3-10,15-16,21H,11-14,17H2,1-2H3. The topological polar surface area (TPSA) is 70.6 Å². The molecule has 0 spiro atoms. The number of nitrogens with zero attached hydrogens (tertiary/aromatic N) is 3. The van der Waals surface area contributed by atoms with E-state index in [9.17, 15) is 13.2 Å². The second-order valence-electron chi connectivity index (χ2n) is 8.92. The minimum absolute atomic E-state index is 0.0194. The summed E-state index contributed by atoms with van der Waals surface area (Å²) in [6.07, 6.45) is 4.84. The van der Waals surface area contributed by atoms with Gasteiger partial charge in [0.25, 0.3) is 5.91 Å². The van der Waals surface area contributed by atoms with Crippen molar-refractivity contribution in [3.63, 3.8) is 0 Å². The molecule has 35 heavy (non-hydrogen) atoms. The Hall–Kier alpha value is -2.45. The molecule has 2 aromatic carbocycles. The van der Waals surface area contributed by atoms with E-state index in [0.717, 1.165) is 36.2 Å². The lowest BCUT2D eigenvalue weighted by Gasteiger charge is -2.37. The Balaban J connectivity index is 1.32. The van der Waals surface area contributed by atoms with Gasteiger partial charge in [-0.25, -0.2) is 8.42 Å². The van der Waals surface area contributed by atoms with Crippen molar-refractivity contribution in [1.82, 2.24) is 14.8 Å². The number of hydrogen-bond donors (Lipinski definition) is 0. The van der Waals surface area contributed by atoms with Crippen molar-refractivity contribution in [3.05, 3.63) is 82.0 Å². The first-order valence-electron chi connectivity index (χ1n) is 11.3. The zero-order valence-corrected chi connectivity index (χ0v) is 21.9. The van der Waals surface area contributed by atoms with Crippen LogP contribution in [0.5, 0.6) is 0 Å². The summed E-state index contributed by atoms with van der Waals surface area (Å²) in [5, 5.41) is 0.827. The normalized spacial score (nSPS) is 14.9. The highest BCUT2D eigenvalue weighted by Gasteiger charge is 2.26. The fourth-order valence-corrected chi connectivity index (χ4v) is 5.23. The number of likely N-dealkylation sites (tertiary alicyclic amines) is 1. The molecule has 1 aliphatic rings. The van der Waals surface area contributed by atoms with E-state index in [1.54, 1.807) is 42.5 Å². The quantitative estimate of drug-likeness (QED) is 0.437. The average Bonchev–Trinajstić information content (AvgIpc) is 2.85. The number of carbonyl (C=O) groups excluding carboxylic acids is 1. The predicted molar refractivity (Wildman–Crippen MR) is 140 cm³/mol. The van der Waals surface area contributed by atoms with E-state index >= 15 is 0 Å².